The van der Waals surface area contributed by atoms with Crippen LogP contribution in [0, 0.1) is 12.7 Å². The van der Waals surface area contributed by atoms with Crippen molar-refractivity contribution >= 4 is 23.3 Å². The topological polar surface area (TPSA) is 46.9 Å². The molecule has 0 bridgehead atoms. The third-order valence-corrected chi connectivity index (χ3v) is 3.64. The molecule has 1 amide bonds. The molecule has 0 saturated heterocycles. The first kappa shape index (κ1) is 16.2. The maximum Gasteiger partial charge on any atom is 0.229 e. The van der Waals surface area contributed by atoms with Crippen LogP contribution in [0.1, 0.15) is 11.3 Å². The van der Waals surface area contributed by atoms with Gasteiger partial charge in [-0.1, -0.05) is 29.8 Å². The van der Waals surface area contributed by atoms with Gasteiger partial charge in [0, 0.05) is 11.1 Å². The molecule has 0 atom stereocenters. The first-order valence-electron chi connectivity index (χ1n) is 7.38. The van der Waals surface area contributed by atoms with Gasteiger partial charge >= 0.3 is 0 Å². The Balaban J connectivity index is 1.81. The molecule has 0 radical (unpaired) electrons. The monoisotopic (exact) mass is 343 g/mol. The SMILES string of the molecule is Cc1cc(NC(=O)Cc2cccc(F)c2)n(-c2cccc(Cl)c2)n1. The number of anilines is 1. The van der Waals surface area contributed by atoms with E-state index in [0.717, 1.165) is 11.4 Å². The van der Waals surface area contributed by atoms with E-state index in [9.17, 15) is 9.18 Å². The summed E-state index contributed by atoms with van der Waals surface area (Å²) in [6.45, 7) is 1.84. The third kappa shape index (κ3) is 3.81. The lowest BCUT2D eigenvalue weighted by molar-refractivity contribution is -0.115. The van der Waals surface area contributed by atoms with E-state index in [1.54, 1.807) is 35.0 Å². The summed E-state index contributed by atoms with van der Waals surface area (Å²) in [7, 11) is 0. The highest BCUT2D eigenvalue weighted by Crippen LogP contribution is 2.20. The molecule has 1 heterocycles. The number of aryl methyl sites for hydroxylation is 1. The van der Waals surface area contributed by atoms with Crippen LogP contribution in [0.5, 0.6) is 0 Å². The number of hydrogen-bond acceptors (Lipinski definition) is 2. The number of carbonyl (C=O) groups excluding carboxylic acids is 1. The second kappa shape index (κ2) is 6.84. The van der Waals surface area contributed by atoms with Gasteiger partial charge in [0.1, 0.15) is 11.6 Å². The van der Waals surface area contributed by atoms with Crippen LogP contribution in [-0.4, -0.2) is 15.7 Å². The van der Waals surface area contributed by atoms with Crippen molar-refractivity contribution in [2.75, 3.05) is 5.32 Å². The summed E-state index contributed by atoms with van der Waals surface area (Å²) in [5, 5.41) is 7.77. The van der Waals surface area contributed by atoms with E-state index < -0.39 is 0 Å². The zero-order chi connectivity index (χ0) is 17.1. The van der Waals surface area contributed by atoms with E-state index in [1.807, 2.05) is 19.1 Å². The Morgan fingerprint density at radius 1 is 1.21 bits per heavy atom. The van der Waals surface area contributed by atoms with Gasteiger partial charge in [-0.3, -0.25) is 4.79 Å². The highest BCUT2D eigenvalue weighted by molar-refractivity contribution is 6.30. The largest absolute Gasteiger partial charge is 0.310 e. The molecule has 122 valence electrons. The fourth-order valence-electron chi connectivity index (χ4n) is 2.41. The third-order valence-electron chi connectivity index (χ3n) is 3.41. The van der Waals surface area contributed by atoms with Crippen LogP contribution < -0.4 is 5.32 Å². The minimum atomic E-state index is -0.361. The molecule has 0 fully saturated rings. The number of carbonyl (C=O) groups is 1. The predicted molar refractivity (Wildman–Crippen MR) is 92.0 cm³/mol. The summed E-state index contributed by atoms with van der Waals surface area (Å²) in [5.41, 5.74) is 2.12. The number of nitrogens with zero attached hydrogens (tertiary/aromatic N) is 2. The highest BCUT2D eigenvalue weighted by atomic mass is 35.5. The quantitative estimate of drug-likeness (QED) is 0.773. The molecule has 6 heteroatoms. The minimum absolute atomic E-state index is 0.0809. The molecule has 0 aliphatic carbocycles. The smallest absolute Gasteiger partial charge is 0.229 e. The number of benzene rings is 2. The van der Waals surface area contributed by atoms with Crippen molar-refractivity contribution in [2.24, 2.45) is 0 Å². The van der Waals surface area contributed by atoms with Gasteiger partial charge in [-0.05, 0) is 42.8 Å². The standard InChI is InChI=1S/C18H15ClFN3O/c1-12-8-17(23(22-12)16-7-3-5-14(19)11-16)21-18(24)10-13-4-2-6-15(20)9-13/h2-9,11H,10H2,1H3,(H,21,24). The van der Waals surface area contributed by atoms with Gasteiger partial charge < -0.3 is 5.32 Å². The number of nitrogens with one attached hydrogen (secondary N) is 1. The van der Waals surface area contributed by atoms with Crippen LogP contribution in [-0.2, 0) is 11.2 Å². The predicted octanol–water partition coefficient (Wildman–Crippen LogP) is 4.15. The molecule has 4 nitrogen and oxygen atoms in total. The van der Waals surface area contributed by atoms with Crippen LogP contribution in [0.2, 0.25) is 5.02 Å². The Labute approximate surface area is 143 Å². The normalized spacial score (nSPS) is 10.6. The van der Waals surface area contributed by atoms with Crippen molar-refractivity contribution in [1.82, 2.24) is 9.78 Å². The van der Waals surface area contributed by atoms with Crippen molar-refractivity contribution in [3.8, 4) is 5.69 Å². The van der Waals surface area contributed by atoms with E-state index in [1.165, 1.54) is 12.1 Å². The molecule has 0 unspecified atom stereocenters. The van der Waals surface area contributed by atoms with Gasteiger partial charge in [-0.25, -0.2) is 9.07 Å². The van der Waals surface area contributed by atoms with E-state index in [4.69, 9.17) is 11.6 Å². The zero-order valence-corrected chi connectivity index (χ0v) is 13.7. The maximum atomic E-state index is 13.2. The van der Waals surface area contributed by atoms with Crippen LogP contribution in [0.4, 0.5) is 10.2 Å². The fraction of sp³-hybridized carbons (Fsp3) is 0.111. The van der Waals surface area contributed by atoms with Crippen LogP contribution in [0.3, 0.4) is 0 Å². The van der Waals surface area contributed by atoms with Gasteiger partial charge in [0.2, 0.25) is 5.91 Å². The Hall–Kier alpha value is -2.66. The van der Waals surface area contributed by atoms with Crippen molar-refractivity contribution in [2.45, 2.75) is 13.3 Å². The van der Waals surface area contributed by atoms with E-state index in [0.29, 0.717) is 16.4 Å². The number of amides is 1. The summed E-state index contributed by atoms with van der Waals surface area (Å²) in [6, 6.07) is 14.9. The molecule has 0 saturated carbocycles. The maximum absolute atomic E-state index is 13.2. The Bertz CT molecular complexity index is 891. The second-order valence-corrected chi connectivity index (χ2v) is 5.85. The van der Waals surface area contributed by atoms with Crippen LogP contribution >= 0.6 is 11.6 Å². The summed E-state index contributed by atoms with van der Waals surface area (Å²) in [6.07, 6.45) is 0.0809. The van der Waals surface area contributed by atoms with Crippen molar-refractivity contribution < 1.29 is 9.18 Å². The van der Waals surface area contributed by atoms with Crippen molar-refractivity contribution in [3.05, 3.63) is 76.7 Å². The molecular formula is C18H15ClFN3O. The number of rotatable bonds is 4. The molecule has 0 aliphatic rings. The molecule has 2 aromatic carbocycles. The van der Waals surface area contributed by atoms with E-state index in [-0.39, 0.29) is 18.1 Å². The van der Waals surface area contributed by atoms with Crippen molar-refractivity contribution in [3.63, 3.8) is 0 Å². The van der Waals surface area contributed by atoms with Gasteiger partial charge in [-0.15, -0.1) is 0 Å². The molecule has 1 N–H and O–H groups in total. The number of hydrogen-bond donors (Lipinski definition) is 1. The zero-order valence-electron chi connectivity index (χ0n) is 13.0. The molecule has 24 heavy (non-hydrogen) atoms. The molecular weight excluding hydrogens is 329 g/mol. The minimum Gasteiger partial charge on any atom is -0.310 e. The molecule has 0 aliphatic heterocycles. The Morgan fingerprint density at radius 2 is 2.00 bits per heavy atom. The lowest BCUT2D eigenvalue weighted by Crippen LogP contribution is -2.17. The lowest BCUT2D eigenvalue weighted by Gasteiger charge is -2.09. The van der Waals surface area contributed by atoms with Crippen LogP contribution in [0.15, 0.2) is 54.6 Å². The fourth-order valence-corrected chi connectivity index (χ4v) is 2.60. The average molecular weight is 344 g/mol. The Kier molecular flexibility index (Phi) is 4.62. The average Bonchev–Trinajstić information content (AvgIpc) is 2.87. The summed E-state index contributed by atoms with van der Waals surface area (Å²) in [5.74, 6) is -0.0694. The second-order valence-electron chi connectivity index (χ2n) is 5.42. The lowest BCUT2D eigenvalue weighted by atomic mass is 10.1. The van der Waals surface area contributed by atoms with Gasteiger partial charge in [0.25, 0.3) is 0 Å². The summed E-state index contributed by atoms with van der Waals surface area (Å²) in [4.78, 5) is 12.3. The molecule has 0 spiro atoms. The number of aromatic nitrogens is 2. The first-order chi connectivity index (χ1) is 11.5. The molecule has 3 aromatic rings. The Morgan fingerprint density at radius 3 is 2.75 bits per heavy atom. The van der Waals surface area contributed by atoms with E-state index >= 15 is 0 Å². The number of halogens is 2. The van der Waals surface area contributed by atoms with Crippen LogP contribution in [0.25, 0.3) is 5.69 Å². The first-order valence-corrected chi connectivity index (χ1v) is 7.76. The highest BCUT2D eigenvalue weighted by Gasteiger charge is 2.12. The van der Waals surface area contributed by atoms with E-state index in [2.05, 4.69) is 10.4 Å². The van der Waals surface area contributed by atoms with Gasteiger partial charge in [0.15, 0.2) is 0 Å². The van der Waals surface area contributed by atoms with Crippen molar-refractivity contribution in [1.29, 1.82) is 0 Å². The summed E-state index contributed by atoms with van der Waals surface area (Å²) < 4.78 is 14.8. The summed E-state index contributed by atoms with van der Waals surface area (Å²) >= 11 is 6.02. The molecule has 1 aromatic heterocycles. The molecule has 3 rings (SSSR count). The van der Waals surface area contributed by atoms with Gasteiger partial charge in [0.05, 0.1) is 17.8 Å². The van der Waals surface area contributed by atoms with Gasteiger partial charge in [-0.2, -0.15) is 5.10 Å².